The molecule has 1 amide bonds. The number of hydrogen-bond donors (Lipinski definition) is 1. The van der Waals surface area contributed by atoms with Crippen molar-refractivity contribution in [3.05, 3.63) is 51.5 Å². The minimum atomic E-state index is -2.24. The van der Waals surface area contributed by atoms with Gasteiger partial charge in [0.15, 0.2) is 5.75 Å². The van der Waals surface area contributed by atoms with Crippen LogP contribution in [0.25, 0.3) is 0 Å². The Morgan fingerprint density at radius 2 is 1.65 bits per heavy atom. The van der Waals surface area contributed by atoms with Crippen LogP contribution in [0.3, 0.4) is 0 Å². The normalized spacial score (nSPS) is 10.7. The van der Waals surface area contributed by atoms with Gasteiger partial charge >= 0.3 is 0 Å². The fourth-order valence-electron chi connectivity index (χ4n) is 1.65. The quantitative estimate of drug-likeness (QED) is 0.373. The molecular formula is C14H10F5NO2S. The van der Waals surface area contributed by atoms with Crippen molar-refractivity contribution in [2.24, 2.45) is 0 Å². The molecule has 2 aromatic rings. The van der Waals surface area contributed by atoms with Crippen LogP contribution in [0.2, 0.25) is 0 Å². The van der Waals surface area contributed by atoms with E-state index in [0.717, 1.165) is 0 Å². The van der Waals surface area contributed by atoms with Crippen LogP contribution in [0.4, 0.5) is 22.0 Å². The highest BCUT2D eigenvalue weighted by molar-refractivity contribution is 7.12. The lowest BCUT2D eigenvalue weighted by Crippen LogP contribution is -2.24. The summed E-state index contributed by atoms with van der Waals surface area (Å²) < 4.78 is 70.0. The first-order valence-electron chi connectivity index (χ1n) is 6.39. The van der Waals surface area contributed by atoms with Crippen molar-refractivity contribution < 1.29 is 31.5 Å². The van der Waals surface area contributed by atoms with E-state index in [2.05, 4.69) is 10.1 Å². The van der Waals surface area contributed by atoms with E-state index in [0.29, 0.717) is 4.88 Å². The molecule has 0 spiro atoms. The number of hydrogen-bond acceptors (Lipinski definition) is 3. The van der Waals surface area contributed by atoms with Crippen molar-refractivity contribution in [2.75, 3.05) is 13.2 Å². The standard InChI is InChI=1S/C14H10F5NO2S/c15-8-9(16)11(18)13(12(19)10(8)17)22-5-2-4-20-14(21)7-3-1-6-23-7/h1,3,6H,2,4-5H2,(H,20,21). The van der Waals surface area contributed by atoms with E-state index in [1.807, 2.05) is 0 Å². The Hall–Kier alpha value is -2.16. The number of nitrogens with one attached hydrogen (secondary N) is 1. The van der Waals surface area contributed by atoms with E-state index >= 15 is 0 Å². The van der Waals surface area contributed by atoms with Crippen LogP contribution < -0.4 is 10.1 Å². The zero-order valence-corrected chi connectivity index (χ0v) is 12.3. The summed E-state index contributed by atoms with van der Waals surface area (Å²) in [6, 6.07) is 3.32. The van der Waals surface area contributed by atoms with Crippen molar-refractivity contribution in [1.29, 1.82) is 0 Å². The number of benzene rings is 1. The van der Waals surface area contributed by atoms with E-state index in [4.69, 9.17) is 0 Å². The number of thiophene rings is 1. The van der Waals surface area contributed by atoms with Crippen LogP contribution >= 0.6 is 11.3 Å². The highest BCUT2D eigenvalue weighted by atomic mass is 32.1. The highest BCUT2D eigenvalue weighted by Crippen LogP contribution is 2.29. The minimum absolute atomic E-state index is 0.117. The summed E-state index contributed by atoms with van der Waals surface area (Å²) in [7, 11) is 0. The Balaban J connectivity index is 1.86. The number of ether oxygens (including phenoxy) is 1. The summed E-state index contributed by atoms with van der Waals surface area (Å²) in [6.45, 7) is -0.213. The second kappa shape index (κ2) is 7.40. The topological polar surface area (TPSA) is 38.3 Å². The van der Waals surface area contributed by atoms with Gasteiger partial charge in [-0.1, -0.05) is 6.07 Å². The van der Waals surface area contributed by atoms with Crippen LogP contribution in [0.5, 0.6) is 5.75 Å². The van der Waals surface area contributed by atoms with Gasteiger partial charge in [-0.05, 0) is 17.9 Å². The molecule has 9 heteroatoms. The van der Waals surface area contributed by atoms with Crippen LogP contribution in [0.15, 0.2) is 17.5 Å². The van der Waals surface area contributed by atoms with E-state index in [-0.39, 0.29) is 25.5 Å². The molecule has 3 nitrogen and oxygen atoms in total. The molecule has 0 fully saturated rings. The molecule has 0 saturated heterocycles. The van der Waals surface area contributed by atoms with Crippen molar-refractivity contribution >= 4 is 17.2 Å². The highest BCUT2D eigenvalue weighted by Gasteiger charge is 2.26. The summed E-state index contributed by atoms with van der Waals surface area (Å²) in [5, 5.41) is 4.25. The Morgan fingerprint density at radius 1 is 1.04 bits per heavy atom. The second-order valence-electron chi connectivity index (χ2n) is 4.33. The van der Waals surface area contributed by atoms with Gasteiger partial charge < -0.3 is 10.1 Å². The number of carbonyl (C=O) groups is 1. The zero-order valence-electron chi connectivity index (χ0n) is 11.5. The molecule has 1 N–H and O–H groups in total. The number of amides is 1. The molecule has 1 aromatic heterocycles. The van der Waals surface area contributed by atoms with E-state index in [9.17, 15) is 26.7 Å². The van der Waals surface area contributed by atoms with Crippen molar-refractivity contribution in [3.63, 3.8) is 0 Å². The van der Waals surface area contributed by atoms with Crippen LogP contribution in [0, 0.1) is 29.1 Å². The summed E-state index contributed by atoms with van der Waals surface area (Å²) in [5.74, 6) is -12.1. The zero-order chi connectivity index (χ0) is 17.0. The average molecular weight is 351 g/mol. The van der Waals surface area contributed by atoms with E-state index in [1.165, 1.54) is 11.3 Å². The molecule has 0 aliphatic heterocycles. The fraction of sp³-hybridized carbons (Fsp3) is 0.214. The lowest BCUT2D eigenvalue weighted by molar-refractivity contribution is 0.0955. The van der Waals surface area contributed by atoms with Crippen molar-refractivity contribution in [1.82, 2.24) is 5.32 Å². The second-order valence-corrected chi connectivity index (χ2v) is 5.28. The molecule has 23 heavy (non-hydrogen) atoms. The van der Waals surface area contributed by atoms with Gasteiger partial charge in [-0.25, -0.2) is 13.2 Å². The molecule has 0 aliphatic carbocycles. The summed E-state index contributed by atoms with van der Waals surface area (Å²) in [4.78, 5) is 12.1. The molecule has 0 aliphatic rings. The first-order chi connectivity index (χ1) is 10.9. The molecule has 0 radical (unpaired) electrons. The third kappa shape index (κ3) is 3.79. The maximum Gasteiger partial charge on any atom is 0.261 e. The summed E-state index contributed by atoms with van der Waals surface area (Å²) >= 11 is 1.24. The molecule has 0 saturated carbocycles. The largest absolute Gasteiger partial charge is 0.487 e. The average Bonchev–Trinajstić information content (AvgIpc) is 3.08. The molecular weight excluding hydrogens is 341 g/mol. The lowest BCUT2D eigenvalue weighted by Gasteiger charge is -2.10. The third-order valence-electron chi connectivity index (χ3n) is 2.77. The number of rotatable bonds is 6. The molecule has 124 valence electrons. The third-order valence-corrected chi connectivity index (χ3v) is 3.64. The molecule has 0 atom stereocenters. The van der Waals surface area contributed by atoms with Gasteiger partial charge in [0.1, 0.15) is 0 Å². The maximum atomic E-state index is 13.3. The maximum absolute atomic E-state index is 13.3. The van der Waals surface area contributed by atoms with Gasteiger partial charge in [-0.3, -0.25) is 4.79 Å². The smallest absolute Gasteiger partial charge is 0.261 e. The van der Waals surface area contributed by atoms with Crippen LogP contribution in [0.1, 0.15) is 16.1 Å². The predicted octanol–water partition coefficient (Wildman–Crippen LogP) is 3.64. The monoisotopic (exact) mass is 351 g/mol. The first kappa shape index (κ1) is 17.2. The molecule has 2 rings (SSSR count). The first-order valence-corrected chi connectivity index (χ1v) is 7.27. The molecule has 0 bridgehead atoms. The van der Waals surface area contributed by atoms with E-state index < -0.39 is 34.8 Å². The Labute approximate surface area is 131 Å². The van der Waals surface area contributed by atoms with Crippen LogP contribution in [-0.2, 0) is 0 Å². The molecule has 0 unspecified atom stereocenters. The number of halogens is 5. The van der Waals surface area contributed by atoms with Gasteiger partial charge in [-0.15, -0.1) is 11.3 Å². The minimum Gasteiger partial charge on any atom is -0.487 e. The molecule has 1 aromatic carbocycles. The Morgan fingerprint density at radius 3 is 2.22 bits per heavy atom. The van der Waals surface area contributed by atoms with Gasteiger partial charge in [0, 0.05) is 6.54 Å². The van der Waals surface area contributed by atoms with Gasteiger partial charge in [0.05, 0.1) is 11.5 Å². The van der Waals surface area contributed by atoms with Gasteiger partial charge in [0.25, 0.3) is 5.91 Å². The fourth-order valence-corrected chi connectivity index (χ4v) is 2.29. The molecule has 1 heterocycles. The van der Waals surface area contributed by atoms with Crippen molar-refractivity contribution in [3.8, 4) is 5.75 Å². The Bertz CT molecular complexity index is 677. The Kier molecular flexibility index (Phi) is 5.54. The predicted molar refractivity (Wildman–Crippen MR) is 73.0 cm³/mol. The summed E-state index contributed by atoms with van der Waals surface area (Å²) in [5.41, 5.74) is 0. The SMILES string of the molecule is O=C(NCCCOc1c(F)c(F)c(F)c(F)c1F)c1cccs1. The lowest BCUT2D eigenvalue weighted by atomic mass is 10.2. The van der Waals surface area contributed by atoms with Gasteiger partial charge in [-0.2, -0.15) is 8.78 Å². The summed E-state index contributed by atoms with van der Waals surface area (Å²) in [6.07, 6.45) is 0.122. The van der Waals surface area contributed by atoms with Gasteiger partial charge in [0.2, 0.25) is 29.1 Å². The van der Waals surface area contributed by atoms with E-state index in [1.54, 1.807) is 17.5 Å². The van der Waals surface area contributed by atoms with Crippen LogP contribution in [-0.4, -0.2) is 19.1 Å². The number of carbonyl (C=O) groups excluding carboxylic acids is 1. The van der Waals surface area contributed by atoms with Crippen molar-refractivity contribution in [2.45, 2.75) is 6.42 Å².